The molecule has 0 bridgehead atoms. The Morgan fingerprint density at radius 3 is 2.43 bits per heavy atom. The second-order valence-electron chi connectivity index (χ2n) is 2.81. The maximum absolute atomic E-state index is 5.99. The number of nitrogens with zero attached hydrogens (tertiary/aromatic N) is 1. The van der Waals surface area contributed by atoms with Gasteiger partial charge in [0.05, 0.1) is 16.1 Å². The molecule has 2 aromatic rings. The minimum atomic E-state index is 0.540. The van der Waals surface area contributed by atoms with E-state index < -0.39 is 0 Å². The summed E-state index contributed by atoms with van der Waals surface area (Å²) in [6.45, 7) is 1.77. The molecule has 14 heavy (non-hydrogen) atoms. The average Bonchev–Trinajstić information content (AvgIpc) is 2.51. The molecule has 0 saturated carbocycles. The summed E-state index contributed by atoms with van der Waals surface area (Å²) in [5, 5.41) is 4.90. The predicted octanol–water partition coefficient (Wildman–Crippen LogP) is 3.76. The van der Waals surface area contributed by atoms with Crippen LogP contribution in [0, 0.1) is 13.0 Å². The second-order valence-corrected chi connectivity index (χ2v) is 3.62. The van der Waals surface area contributed by atoms with Gasteiger partial charge in [-0.25, -0.2) is 0 Å². The molecule has 0 aliphatic heterocycles. The third-order valence-electron chi connectivity index (χ3n) is 1.77. The highest BCUT2D eigenvalue weighted by atomic mass is 35.5. The number of hydrogen-bond donors (Lipinski definition) is 0. The lowest BCUT2D eigenvalue weighted by atomic mass is 10.1. The van der Waals surface area contributed by atoms with Crippen LogP contribution in [-0.2, 0) is 0 Å². The zero-order valence-electron chi connectivity index (χ0n) is 7.34. The van der Waals surface area contributed by atoms with E-state index in [-0.39, 0.29) is 0 Å². The van der Waals surface area contributed by atoms with Gasteiger partial charge < -0.3 is 4.52 Å². The maximum atomic E-state index is 5.99. The van der Waals surface area contributed by atoms with Crippen molar-refractivity contribution in [1.82, 2.24) is 5.16 Å². The van der Waals surface area contributed by atoms with E-state index in [4.69, 9.17) is 27.7 Å². The van der Waals surface area contributed by atoms with Crippen LogP contribution in [-0.4, -0.2) is 5.16 Å². The number of hydrogen-bond acceptors (Lipinski definition) is 2. The molecule has 0 fully saturated rings. The van der Waals surface area contributed by atoms with Crippen LogP contribution in [0.4, 0.5) is 0 Å². The summed E-state index contributed by atoms with van der Waals surface area (Å²) in [6.07, 6.45) is 0. The Labute approximate surface area is 91.4 Å². The van der Waals surface area contributed by atoms with E-state index in [1.807, 2.05) is 0 Å². The van der Waals surface area contributed by atoms with Crippen molar-refractivity contribution < 1.29 is 4.52 Å². The predicted molar refractivity (Wildman–Crippen MR) is 55.5 cm³/mol. The molecule has 0 spiro atoms. The van der Waals surface area contributed by atoms with Crippen molar-refractivity contribution in [2.75, 3.05) is 0 Å². The highest BCUT2D eigenvalue weighted by Gasteiger charge is 2.12. The van der Waals surface area contributed by atoms with E-state index in [2.05, 4.69) is 11.2 Å². The SMILES string of the molecule is Cc1[c]c(-c2c(Cl)cccc2Cl)no1. The van der Waals surface area contributed by atoms with Crippen molar-refractivity contribution in [3.8, 4) is 11.3 Å². The van der Waals surface area contributed by atoms with E-state index in [1.54, 1.807) is 25.1 Å². The van der Waals surface area contributed by atoms with Crippen LogP contribution in [0.5, 0.6) is 0 Å². The minimum Gasteiger partial charge on any atom is -0.360 e. The zero-order valence-corrected chi connectivity index (χ0v) is 8.86. The number of halogens is 2. The fourth-order valence-electron chi connectivity index (χ4n) is 1.16. The molecule has 1 aromatic heterocycles. The minimum absolute atomic E-state index is 0.540. The van der Waals surface area contributed by atoms with Crippen LogP contribution in [0.1, 0.15) is 5.76 Å². The zero-order chi connectivity index (χ0) is 10.1. The first-order valence-corrected chi connectivity index (χ1v) is 4.74. The number of benzene rings is 1. The van der Waals surface area contributed by atoms with Gasteiger partial charge in [-0.15, -0.1) is 0 Å². The van der Waals surface area contributed by atoms with Crippen molar-refractivity contribution in [3.05, 3.63) is 40.1 Å². The smallest absolute Gasteiger partial charge is 0.142 e. The van der Waals surface area contributed by atoms with Gasteiger partial charge in [0.15, 0.2) is 0 Å². The molecular weight excluding hydrogens is 221 g/mol. The molecule has 71 valence electrons. The van der Waals surface area contributed by atoms with Crippen molar-refractivity contribution >= 4 is 23.2 Å². The molecule has 4 heteroatoms. The Morgan fingerprint density at radius 2 is 1.93 bits per heavy atom. The van der Waals surface area contributed by atoms with Gasteiger partial charge >= 0.3 is 0 Å². The largest absolute Gasteiger partial charge is 0.360 e. The van der Waals surface area contributed by atoms with Crippen LogP contribution >= 0.6 is 23.2 Å². The van der Waals surface area contributed by atoms with Crippen molar-refractivity contribution in [2.24, 2.45) is 0 Å². The van der Waals surface area contributed by atoms with Gasteiger partial charge in [-0.2, -0.15) is 0 Å². The van der Waals surface area contributed by atoms with E-state index in [0.717, 1.165) is 0 Å². The Bertz CT molecular complexity index is 445. The standard InChI is InChI=1S/C10H6Cl2NO/c1-6-5-9(13-14-6)10-7(11)3-2-4-8(10)12/h2-4H,1H3. The lowest BCUT2D eigenvalue weighted by Crippen LogP contribution is -1.80. The Hall–Kier alpha value is -0.990. The molecule has 0 N–H and O–H groups in total. The van der Waals surface area contributed by atoms with Crippen molar-refractivity contribution in [1.29, 1.82) is 0 Å². The number of aromatic nitrogens is 1. The molecule has 2 nitrogen and oxygen atoms in total. The van der Waals surface area contributed by atoms with Gasteiger partial charge in [0.1, 0.15) is 11.5 Å². The molecule has 1 aromatic carbocycles. The molecule has 0 atom stereocenters. The molecule has 2 rings (SSSR count). The average molecular weight is 227 g/mol. The van der Waals surface area contributed by atoms with Gasteiger partial charge in [-0.1, -0.05) is 34.4 Å². The Morgan fingerprint density at radius 1 is 1.29 bits per heavy atom. The fourth-order valence-corrected chi connectivity index (χ4v) is 1.74. The van der Waals surface area contributed by atoms with Crippen LogP contribution < -0.4 is 0 Å². The lowest BCUT2D eigenvalue weighted by Gasteiger charge is -2.01. The van der Waals surface area contributed by atoms with E-state index >= 15 is 0 Å². The lowest BCUT2D eigenvalue weighted by molar-refractivity contribution is 0.399. The molecule has 0 unspecified atom stereocenters. The van der Waals surface area contributed by atoms with Gasteiger partial charge in [-0.3, -0.25) is 0 Å². The van der Waals surface area contributed by atoms with Crippen LogP contribution in [0.2, 0.25) is 10.0 Å². The second kappa shape index (κ2) is 3.64. The summed E-state index contributed by atoms with van der Waals surface area (Å²) in [7, 11) is 0. The monoisotopic (exact) mass is 226 g/mol. The first kappa shape index (κ1) is 9.56. The highest BCUT2D eigenvalue weighted by molar-refractivity contribution is 6.39. The van der Waals surface area contributed by atoms with Crippen LogP contribution in [0.25, 0.3) is 11.3 Å². The molecular formula is C10H6Cl2NO. The van der Waals surface area contributed by atoms with E-state index in [1.165, 1.54) is 0 Å². The highest BCUT2D eigenvalue weighted by Crippen LogP contribution is 2.33. The summed E-state index contributed by atoms with van der Waals surface area (Å²) in [4.78, 5) is 0. The van der Waals surface area contributed by atoms with Gasteiger partial charge in [0.2, 0.25) is 0 Å². The first-order valence-electron chi connectivity index (χ1n) is 3.98. The molecule has 1 heterocycles. The first-order chi connectivity index (χ1) is 6.68. The summed E-state index contributed by atoms with van der Waals surface area (Å²) in [5.74, 6) is 0.607. The number of rotatable bonds is 1. The summed E-state index contributed by atoms with van der Waals surface area (Å²) >= 11 is 12.0. The Balaban J connectivity index is 2.61. The summed E-state index contributed by atoms with van der Waals surface area (Å²) in [5.41, 5.74) is 1.20. The quantitative estimate of drug-likeness (QED) is 0.741. The Kier molecular flexibility index (Phi) is 2.48. The molecule has 0 amide bonds. The number of aryl methyl sites for hydroxylation is 1. The van der Waals surface area contributed by atoms with Crippen LogP contribution in [0.15, 0.2) is 22.7 Å². The molecule has 1 radical (unpaired) electrons. The molecule has 0 saturated heterocycles. The topological polar surface area (TPSA) is 26.0 Å². The third-order valence-corrected chi connectivity index (χ3v) is 2.40. The molecule has 0 aliphatic carbocycles. The summed E-state index contributed by atoms with van der Waals surface area (Å²) < 4.78 is 4.91. The summed E-state index contributed by atoms with van der Waals surface area (Å²) in [6, 6.07) is 8.21. The van der Waals surface area contributed by atoms with Gasteiger partial charge in [0.25, 0.3) is 0 Å². The van der Waals surface area contributed by atoms with Crippen molar-refractivity contribution in [3.63, 3.8) is 0 Å². The van der Waals surface area contributed by atoms with Gasteiger partial charge in [-0.05, 0) is 19.1 Å². The molecule has 0 aliphatic rings. The maximum Gasteiger partial charge on any atom is 0.142 e. The fraction of sp³-hybridized carbons (Fsp3) is 0.100. The van der Waals surface area contributed by atoms with Gasteiger partial charge in [0, 0.05) is 5.56 Å². The van der Waals surface area contributed by atoms with E-state index in [0.29, 0.717) is 27.1 Å². The van der Waals surface area contributed by atoms with Crippen molar-refractivity contribution in [2.45, 2.75) is 6.92 Å². The van der Waals surface area contributed by atoms with Crippen LogP contribution in [0.3, 0.4) is 0 Å². The van der Waals surface area contributed by atoms with E-state index in [9.17, 15) is 0 Å². The normalized spacial score (nSPS) is 10.5. The third kappa shape index (κ3) is 1.63.